The first kappa shape index (κ1) is 14.3. The molecule has 2 rings (SSSR count). The van der Waals surface area contributed by atoms with Gasteiger partial charge >= 0.3 is 0 Å². The van der Waals surface area contributed by atoms with Crippen molar-refractivity contribution in [1.29, 1.82) is 0 Å². The van der Waals surface area contributed by atoms with Gasteiger partial charge in [-0.05, 0) is 33.8 Å². The van der Waals surface area contributed by atoms with Crippen LogP contribution >= 0.6 is 0 Å². The highest BCUT2D eigenvalue weighted by Crippen LogP contribution is 2.36. The Kier molecular flexibility index (Phi) is 3.93. The third-order valence-electron chi connectivity index (χ3n) is 3.40. The smallest absolute Gasteiger partial charge is 0.193 e. The normalized spacial score (nSPS) is 14.4. The summed E-state index contributed by atoms with van der Waals surface area (Å²) in [7, 11) is 0. The van der Waals surface area contributed by atoms with Gasteiger partial charge in [-0.1, -0.05) is 0 Å². The van der Waals surface area contributed by atoms with E-state index in [0.717, 1.165) is 0 Å². The number of allylic oxidation sites excluding steroid dienone is 2. The van der Waals surface area contributed by atoms with E-state index >= 15 is 0 Å². The van der Waals surface area contributed by atoms with Crippen molar-refractivity contribution in [2.24, 2.45) is 0 Å². The molecule has 1 aromatic rings. The van der Waals surface area contributed by atoms with Crippen LogP contribution in [0.25, 0.3) is 0 Å². The number of Topliss-reactive ketones (excluding diaryl/α,β-unsaturated/α-hetero) is 2. The van der Waals surface area contributed by atoms with Crippen LogP contribution in [-0.4, -0.2) is 24.8 Å². The summed E-state index contributed by atoms with van der Waals surface area (Å²) >= 11 is 0. The molecule has 20 heavy (non-hydrogen) atoms. The number of rotatable bonds is 4. The Bertz CT molecular complexity index is 611. The van der Waals surface area contributed by atoms with E-state index in [4.69, 9.17) is 9.47 Å². The molecule has 4 heteroatoms. The van der Waals surface area contributed by atoms with Gasteiger partial charge in [-0.15, -0.1) is 0 Å². The molecule has 1 aromatic carbocycles. The average molecular weight is 274 g/mol. The summed E-state index contributed by atoms with van der Waals surface area (Å²) in [6.45, 7) is 7.95. The van der Waals surface area contributed by atoms with Gasteiger partial charge in [-0.2, -0.15) is 0 Å². The molecule has 106 valence electrons. The monoisotopic (exact) mass is 274 g/mol. The topological polar surface area (TPSA) is 52.6 Å². The molecule has 0 atom stereocenters. The molecular weight excluding hydrogens is 256 g/mol. The first-order valence-electron chi connectivity index (χ1n) is 6.71. The van der Waals surface area contributed by atoms with Crippen LogP contribution in [0.1, 0.15) is 48.4 Å². The van der Waals surface area contributed by atoms with Gasteiger partial charge in [0.1, 0.15) is 11.5 Å². The number of ether oxygens (including phenoxy) is 2. The van der Waals surface area contributed by atoms with Crippen molar-refractivity contribution in [2.75, 3.05) is 13.2 Å². The maximum Gasteiger partial charge on any atom is 0.193 e. The third kappa shape index (κ3) is 2.22. The first-order chi connectivity index (χ1) is 9.51. The maximum atomic E-state index is 12.4. The molecule has 0 saturated heterocycles. The number of benzene rings is 1. The quantitative estimate of drug-likeness (QED) is 0.846. The highest BCUT2D eigenvalue weighted by atomic mass is 16.5. The van der Waals surface area contributed by atoms with E-state index in [0.29, 0.717) is 47.0 Å². The minimum absolute atomic E-state index is 0.139. The van der Waals surface area contributed by atoms with E-state index < -0.39 is 0 Å². The van der Waals surface area contributed by atoms with Gasteiger partial charge in [0.2, 0.25) is 0 Å². The molecule has 4 nitrogen and oxygen atoms in total. The van der Waals surface area contributed by atoms with Crippen LogP contribution in [-0.2, 0) is 0 Å². The fourth-order valence-corrected chi connectivity index (χ4v) is 2.25. The Morgan fingerprint density at radius 2 is 1.50 bits per heavy atom. The van der Waals surface area contributed by atoms with Gasteiger partial charge in [0.25, 0.3) is 0 Å². The number of hydrogen-bond donors (Lipinski definition) is 0. The minimum atomic E-state index is -0.149. The van der Waals surface area contributed by atoms with E-state index in [9.17, 15) is 9.59 Å². The fraction of sp³-hybridized carbons (Fsp3) is 0.375. The molecule has 0 spiro atoms. The van der Waals surface area contributed by atoms with Crippen molar-refractivity contribution in [3.05, 3.63) is 34.4 Å². The van der Waals surface area contributed by atoms with Gasteiger partial charge < -0.3 is 9.47 Å². The van der Waals surface area contributed by atoms with Crippen LogP contribution in [0.4, 0.5) is 0 Å². The van der Waals surface area contributed by atoms with Gasteiger partial charge in [-0.3, -0.25) is 9.59 Å². The summed E-state index contributed by atoms with van der Waals surface area (Å²) < 4.78 is 11.0. The third-order valence-corrected chi connectivity index (χ3v) is 3.40. The molecule has 0 aromatic heterocycles. The summed E-state index contributed by atoms with van der Waals surface area (Å²) in [4.78, 5) is 24.8. The van der Waals surface area contributed by atoms with Gasteiger partial charge in [0.05, 0.1) is 18.8 Å². The molecule has 0 amide bonds. The van der Waals surface area contributed by atoms with E-state index in [2.05, 4.69) is 0 Å². The van der Waals surface area contributed by atoms with E-state index in [1.54, 1.807) is 26.0 Å². The van der Waals surface area contributed by atoms with Crippen molar-refractivity contribution in [2.45, 2.75) is 27.7 Å². The molecule has 0 bridgehead atoms. The lowest BCUT2D eigenvalue weighted by molar-refractivity contribution is 0.0971. The van der Waals surface area contributed by atoms with Gasteiger partial charge in [0, 0.05) is 22.8 Å². The van der Waals surface area contributed by atoms with Gasteiger partial charge in [0.15, 0.2) is 11.6 Å². The summed E-state index contributed by atoms with van der Waals surface area (Å²) in [5.41, 5.74) is 1.68. The molecule has 0 saturated carbocycles. The Labute approximate surface area is 118 Å². The summed E-state index contributed by atoms with van der Waals surface area (Å²) in [5, 5.41) is 0. The maximum absolute atomic E-state index is 12.4. The average Bonchev–Trinajstić information content (AvgIpc) is 2.43. The zero-order valence-electron chi connectivity index (χ0n) is 12.2. The lowest BCUT2D eigenvalue weighted by Gasteiger charge is -2.20. The lowest BCUT2D eigenvalue weighted by atomic mass is 9.84. The highest BCUT2D eigenvalue weighted by Gasteiger charge is 2.31. The molecule has 0 radical (unpaired) electrons. The molecular formula is C16H18O4. The molecule has 1 aliphatic carbocycles. The predicted molar refractivity (Wildman–Crippen MR) is 75.8 cm³/mol. The molecule has 0 N–H and O–H groups in total. The fourth-order valence-electron chi connectivity index (χ4n) is 2.25. The number of carbonyl (C=O) groups excluding carboxylic acids is 2. The number of ketones is 2. The van der Waals surface area contributed by atoms with E-state index in [1.807, 2.05) is 13.8 Å². The zero-order valence-corrected chi connectivity index (χ0v) is 12.2. The second-order valence-electron chi connectivity index (χ2n) is 4.62. The molecule has 0 heterocycles. The van der Waals surface area contributed by atoms with Crippen molar-refractivity contribution in [1.82, 2.24) is 0 Å². The largest absolute Gasteiger partial charge is 0.494 e. The van der Waals surface area contributed by atoms with Gasteiger partial charge in [-0.25, -0.2) is 0 Å². The van der Waals surface area contributed by atoms with Crippen LogP contribution in [0.15, 0.2) is 23.3 Å². The highest BCUT2D eigenvalue weighted by molar-refractivity contribution is 6.27. The van der Waals surface area contributed by atoms with Crippen LogP contribution in [0.2, 0.25) is 0 Å². The molecule has 0 aliphatic heterocycles. The summed E-state index contributed by atoms with van der Waals surface area (Å²) in [6.07, 6.45) is 0. The lowest BCUT2D eigenvalue weighted by Crippen LogP contribution is -2.21. The number of fused-ring (bicyclic) bond motifs is 1. The number of hydrogen-bond acceptors (Lipinski definition) is 4. The standard InChI is InChI=1S/C16H18O4/c1-5-19-11-7-12-14(13(8-11)20-6-2)16(18)10(4)9(3)15(12)17/h7-8H,5-6H2,1-4H3. The minimum Gasteiger partial charge on any atom is -0.494 e. The van der Waals surface area contributed by atoms with Crippen molar-refractivity contribution in [3.8, 4) is 11.5 Å². The van der Waals surface area contributed by atoms with E-state index in [-0.39, 0.29) is 11.6 Å². The van der Waals surface area contributed by atoms with Crippen molar-refractivity contribution in [3.63, 3.8) is 0 Å². The van der Waals surface area contributed by atoms with Crippen LogP contribution in [0.3, 0.4) is 0 Å². The summed E-state index contributed by atoms with van der Waals surface area (Å²) in [6, 6.07) is 3.29. The SMILES string of the molecule is CCOc1cc(OCC)c2c(c1)C(=O)C(C)=C(C)C2=O. The molecule has 0 fully saturated rings. The predicted octanol–water partition coefficient (Wildman–Crippen LogP) is 3.20. The Balaban J connectivity index is 2.67. The van der Waals surface area contributed by atoms with Crippen molar-refractivity contribution >= 4 is 11.6 Å². The second kappa shape index (κ2) is 5.49. The molecule has 0 unspecified atom stereocenters. The van der Waals surface area contributed by atoms with Crippen molar-refractivity contribution < 1.29 is 19.1 Å². The Hall–Kier alpha value is -2.10. The Morgan fingerprint density at radius 3 is 2.10 bits per heavy atom. The zero-order chi connectivity index (χ0) is 14.9. The second-order valence-corrected chi connectivity index (χ2v) is 4.62. The van der Waals surface area contributed by atoms with E-state index in [1.165, 1.54) is 0 Å². The summed E-state index contributed by atoms with van der Waals surface area (Å²) in [5.74, 6) is 0.671. The molecule has 1 aliphatic rings. The first-order valence-corrected chi connectivity index (χ1v) is 6.71. The van der Waals surface area contributed by atoms with Crippen LogP contribution in [0, 0.1) is 0 Å². The Morgan fingerprint density at radius 1 is 0.900 bits per heavy atom. The van der Waals surface area contributed by atoms with Crippen LogP contribution in [0.5, 0.6) is 11.5 Å². The van der Waals surface area contributed by atoms with Crippen LogP contribution < -0.4 is 9.47 Å². The number of carbonyl (C=O) groups is 2.